The van der Waals surface area contributed by atoms with E-state index < -0.39 is 5.41 Å². The Labute approximate surface area is 143 Å². The molecule has 0 radical (unpaired) electrons. The van der Waals surface area contributed by atoms with Crippen molar-refractivity contribution in [1.82, 2.24) is 4.90 Å². The van der Waals surface area contributed by atoms with Crippen molar-refractivity contribution in [1.29, 1.82) is 0 Å². The van der Waals surface area contributed by atoms with Gasteiger partial charge in [-0.3, -0.25) is 4.79 Å². The maximum atomic E-state index is 12.8. The van der Waals surface area contributed by atoms with Gasteiger partial charge in [-0.05, 0) is 29.9 Å². The number of likely N-dealkylation sites (tertiary alicyclic amines) is 1. The van der Waals surface area contributed by atoms with Gasteiger partial charge in [0.1, 0.15) is 0 Å². The van der Waals surface area contributed by atoms with E-state index in [1.165, 1.54) is 0 Å². The molecular formula is C20H22N2O2. The number of piperidine rings is 1. The Morgan fingerprint density at radius 2 is 1.92 bits per heavy atom. The second-order valence-electron chi connectivity index (χ2n) is 7.63. The molecule has 3 rings (SSSR count). The van der Waals surface area contributed by atoms with Crippen molar-refractivity contribution in [2.45, 2.75) is 27.2 Å². The number of Topliss-reactive ketones (excluding diaryl/α,β-unsaturated/α-hetero) is 1. The summed E-state index contributed by atoms with van der Waals surface area (Å²) >= 11 is 0. The zero-order valence-corrected chi connectivity index (χ0v) is 14.4. The Bertz CT molecular complexity index is 758. The average Bonchev–Trinajstić information content (AvgIpc) is 2.58. The normalized spacial score (nSPS) is 28.6. The summed E-state index contributed by atoms with van der Waals surface area (Å²) in [6.07, 6.45) is 2.58. The van der Waals surface area contributed by atoms with E-state index in [0.29, 0.717) is 18.7 Å². The molecule has 0 aromatic heterocycles. The third kappa shape index (κ3) is 2.45. The minimum absolute atomic E-state index is 0.0164. The maximum Gasteiger partial charge on any atom is 0.253 e. The van der Waals surface area contributed by atoms with E-state index in [9.17, 15) is 9.59 Å². The van der Waals surface area contributed by atoms with Crippen LogP contribution in [0.4, 0.5) is 0 Å². The molecule has 4 heteroatoms. The lowest BCUT2D eigenvalue weighted by Crippen LogP contribution is -2.56. The number of rotatable bonds is 1. The number of amides is 1. The molecule has 1 saturated heterocycles. The van der Waals surface area contributed by atoms with Crippen LogP contribution in [0.15, 0.2) is 42.1 Å². The molecule has 1 aromatic carbocycles. The zero-order chi connectivity index (χ0) is 17.5. The van der Waals surface area contributed by atoms with Crippen molar-refractivity contribution in [3.05, 3.63) is 59.1 Å². The highest BCUT2D eigenvalue weighted by molar-refractivity contribution is 6.02. The SMILES string of the molecule is [C-]#[N+]C1=C[C@@]2(C)CN(C(=O)c3ccccc3)CC[C@@H]2C(C)(C)C1=O. The van der Waals surface area contributed by atoms with E-state index in [1.807, 2.05) is 55.2 Å². The van der Waals surface area contributed by atoms with Crippen LogP contribution in [0.3, 0.4) is 0 Å². The monoisotopic (exact) mass is 322 g/mol. The number of fused-ring (bicyclic) bond motifs is 1. The lowest BCUT2D eigenvalue weighted by molar-refractivity contribution is -0.131. The first-order valence-corrected chi connectivity index (χ1v) is 8.29. The van der Waals surface area contributed by atoms with Crippen LogP contribution in [0.25, 0.3) is 4.85 Å². The highest BCUT2D eigenvalue weighted by Gasteiger charge is 2.53. The first kappa shape index (κ1) is 16.4. The number of ketones is 1. The van der Waals surface area contributed by atoms with Gasteiger partial charge in [0.15, 0.2) is 5.78 Å². The number of hydrogen-bond donors (Lipinski definition) is 0. The van der Waals surface area contributed by atoms with Gasteiger partial charge < -0.3 is 9.69 Å². The van der Waals surface area contributed by atoms with E-state index in [0.717, 1.165) is 6.42 Å². The molecule has 0 bridgehead atoms. The number of nitrogens with zero attached hydrogens (tertiary/aromatic N) is 2. The maximum absolute atomic E-state index is 12.8. The summed E-state index contributed by atoms with van der Waals surface area (Å²) in [4.78, 5) is 30.6. The molecule has 0 unspecified atom stereocenters. The van der Waals surface area contributed by atoms with E-state index in [4.69, 9.17) is 6.57 Å². The summed E-state index contributed by atoms with van der Waals surface area (Å²) in [6, 6.07) is 9.27. The highest BCUT2D eigenvalue weighted by atomic mass is 16.2. The van der Waals surface area contributed by atoms with E-state index >= 15 is 0 Å². The van der Waals surface area contributed by atoms with Crippen LogP contribution in [-0.2, 0) is 4.79 Å². The summed E-state index contributed by atoms with van der Waals surface area (Å²) in [5, 5.41) is 0. The van der Waals surface area contributed by atoms with Crippen LogP contribution in [0.2, 0.25) is 0 Å². The van der Waals surface area contributed by atoms with Crippen molar-refractivity contribution < 1.29 is 9.59 Å². The molecule has 1 fully saturated rings. The van der Waals surface area contributed by atoms with Crippen LogP contribution in [0.1, 0.15) is 37.6 Å². The molecule has 2 aliphatic rings. The topological polar surface area (TPSA) is 41.7 Å². The number of hydrogen-bond acceptors (Lipinski definition) is 2. The Morgan fingerprint density at radius 3 is 2.54 bits per heavy atom. The zero-order valence-electron chi connectivity index (χ0n) is 14.4. The summed E-state index contributed by atoms with van der Waals surface area (Å²) in [7, 11) is 0. The molecular weight excluding hydrogens is 300 g/mol. The molecule has 0 N–H and O–H groups in total. The van der Waals surface area contributed by atoms with E-state index in [-0.39, 0.29) is 28.7 Å². The van der Waals surface area contributed by atoms with Crippen molar-refractivity contribution in [2.24, 2.45) is 16.7 Å². The van der Waals surface area contributed by atoms with Gasteiger partial charge in [-0.15, -0.1) is 0 Å². The Hall–Kier alpha value is -2.41. The van der Waals surface area contributed by atoms with Crippen LogP contribution in [0.5, 0.6) is 0 Å². The lowest BCUT2D eigenvalue weighted by atomic mass is 9.55. The number of carbonyl (C=O) groups is 2. The Balaban J connectivity index is 1.94. The Morgan fingerprint density at radius 1 is 1.25 bits per heavy atom. The minimum atomic E-state index is -0.564. The molecule has 1 heterocycles. The fourth-order valence-corrected chi connectivity index (χ4v) is 4.43. The van der Waals surface area contributed by atoms with Crippen molar-refractivity contribution in [3.63, 3.8) is 0 Å². The third-order valence-electron chi connectivity index (χ3n) is 5.60. The van der Waals surface area contributed by atoms with Gasteiger partial charge in [0.05, 0.1) is 6.57 Å². The first-order chi connectivity index (χ1) is 11.3. The minimum Gasteiger partial charge on any atom is -0.338 e. The van der Waals surface area contributed by atoms with Crippen LogP contribution >= 0.6 is 0 Å². The number of carbonyl (C=O) groups excluding carboxylic acids is 2. The number of benzene rings is 1. The van der Waals surface area contributed by atoms with Gasteiger partial charge in [-0.25, -0.2) is 4.85 Å². The molecule has 1 amide bonds. The van der Waals surface area contributed by atoms with E-state index in [1.54, 1.807) is 0 Å². The standard InChI is InChI=1S/C20H22N2O2/c1-19(2)16-10-11-22(18(24)14-8-6-5-7-9-14)13-20(16,3)12-15(21-4)17(19)23/h5-9,12,16H,10-11,13H2,1-3H3/t16-,20+/m1/s1. The van der Waals surface area contributed by atoms with Crippen LogP contribution in [0, 0.1) is 23.3 Å². The molecule has 0 spiro atoms. The second-order valence-corrected chi connectivity index (χ2v) is 7.63. The van der Waals surface area contributed by atoms with Gasteiger partial charge >= 0.3 is 0 Å². The molecule has 0 saturated carbocycles. The lowest BCUT2D eigenvalue weighted by Gasteiger charge is -2.53. The molecule has 1 aromatic rings. The summed E-state index contributed by atoms with van der Waals surface area (Å²) in [6.45, 7) is 14.5. The third-order valence-corrected chi connectivity index (χ3v) is 5.60. The first-order valence-electron chi connectivity index (χ1n) is 8.29. The molecule has 2 atom stereocenters. The highest BCUT2D eigenvalue weighted by Crippen LogP contribution is 2.52. The van der Waals surface area contributed by atoms with Crippen LogP contribution in [-0.4, -0.2) is 29.7 Å². The van der Waals surface area contributed by atoms with Crippen LogP contribution < -0.4 is 0 Å². The number of allylic oxidation sites excluding steroid dienone is 1. The van der Waals surface area contributed by atoms with Gasteiger partial charge in [0.25, 0.3) is 5.91 Å². The largest absolute Gasteiger partial charge is 0.338 e. The predicted octanol–water partition coefficient (Wildman–Crippen LogP) is 3.57. The average molecular weight is 322 g/mol. The Kier molecular flexibility index (Phi) is 3.83. The summed E-state index contributed by atoms with van der Waals surface area (Å²) < 4.78 is 0. The molecule has 124 valence electrons. The van der Waals surface area contributed by atoms with Gasteiger partial charge in [-0.2, -0.15) is 0 Å². The van der Waals surface area contributed by atoms with Gasteiger partial charge in [0.2, 0.25) is 5.70 Å². The van der Waals surface area contributed by atoms with Crippen molar-refractivity contribution in [3.8, 4) is 0 Å². The van der Waals surface area contributed by atoms with Gasteiger partial charge in [-0.1, -0.05) is 45.0 Å². The molecule has 1 aliphatic heterocycles. The second kappa shape index (κ2) is 5.59. The fraction of sp³-hybridized carbons (Fsp3) is 0.450. The van der Waals surface area contributed by atoms with E-state index in [2.05, 4.69) is 11.8 Å². The molecule has 1 aliphatic carbocycles. The van der Waals surface area contributed by atoms with Gasteiger partial charge in [0, 0.05) is 24.1 Å². The fourth-order valence-electron chi connectivity index (χ4n) is 4.43. The summed E-state index contributed by atoms with van der Waals surface area (Å²) in [5.41, 5.74) is -0.0153. The quantitative estimate of drug-likeness (QED) is 0.742. The smallest absolute Gasteiger partial charge is 0.253 e. The van der Waals surface area contributed by atoms with Crippen molar-refractivity contribution in [2.75, 3.05) is 13.1 Å². The molecule has 4 nitrogen and oxygen atoms in total. The summed E-state index contributed by atoms with van der Waals surface area (Å²) in [5.74, 6) is 0.0911. The predicted molar refractivity (Wildman–Crippen MR) is 92.0 cm³/mol. The van der Waals surface area contributed by atoms with Crippen molar-refractivity contribution >= 4 is 11.7 Å². The molecule has 24 heavy (non-hydrogen) atoms.